The zero-order valence-electron chi connectivity index (χ0n) is 18.4. The van der Waals surface area contributed by atoms with Gasteiger partial charge >= 0.3 is 6.03 Å². The second-order valence-corrected chi connectivity index (χ2v) is 13.0. The predicted molar refractivity (Wildman–Crippen MR) is 136 cm³/mol. The molecule has 3 rings (SSSR count). The van der Waals surface area contributed by atoms with Gasteiger partial charge in [-0.05, 0) is 36.4 Å². The molecule has 13 heteroatoms. The molecule has 3 aromatic rings. The number of nitrogens with two attached hydrogens (primary N) is 1. The molecule has 2 aromatic carbocycles. The Morgan fingerprint density at radius 2 is 1.71 bits per heavy atom. The number of rotatable bonds is 7. The number of aryl methyl sites for hydroxylation is 1. The van der Waals surface area contributed by atoms with E-state index in [4.69, 9.17) is 11.1 Å². The molecule has 0 radical (unpaired) electrons. The second kappa shape index (κ2) is 9.78. The monoisotopic (exact) mass is 538 g/mol. The summed E-state index contributed by atoms with van der Waals surface area (Å²) in [6.07, 6.45) is 2.52. The van der Waals surface area contributed by atoms with Crippen LogP contribution in [0.3, 0.4) is 0 Å². The molecule has 0 aliphatic carbocycles. The van der Waals surface area contributed by atoms with Crippen molar-refractivity contribution in [1.82, 2.24) is 4.72 Å². The first kappa shape index (κ1) is 25.7. The highest BCUT2D eigenvalue weighted by atomic mass is 32.2. The van der Waals surface area contributed by atoms with Gasteiger partial charge in [0.05, 0.1) is 30.8 Å². The van der Waals surface area contributed by atoms with Gasteiger partial charge in [-0.3, -0.25) is 5.41 Å². The third-order valence-electron chi connectivity index (χ3n) is 4.65. The van der Waals surface area contributed by atoms with E-state index in [9.17, 15) is 21.6 Å². The lowest BCUT2D eigenvalue weighted by molar-refractivity contribution is 0.256. The standard InChI is InChI=1S/C21H22N4O5S4/c1-12-9-10-15(34(29,30)16-11-14(19(22)23)32-20(16)31-2)18(24-21(26)25-33(3,27)28)17(12)13-7-5-4-6-8-13/h4-11H,1-3H3,(H3,22,23)(H2,24,25,26). The number of carbonyl (C=O) groups excluding carboxylic acids is 1. The maximum absolute atomic E-state index is 13.8. The minimum Gasteiger partial charge on any atom is -0.383 e. The van der Waals surface area contributed by atoms with Crippen molar-refractivity contribution in [3.8, 4) is 11.1 Å². The van der Waals surface area contributed by atoms with Crippen LogP contribution < -0.4 is 15.8 Å². The number of amidine groups is 1. The van der Waals surface area contributed by atoms with Crippen LogP contribution in [0.4, 0.5) is 10.5 Å². The first-order valence-electron chi connectivity index (χ1n) is 9.60. The van der Waals surface area contributed by atoms with Crippen molar-refractivity contribution in [2.24, 2.45) is 5.73 Å². The summed E-state index contributed by atoms with van der Waals surface area (Å²) in [6, 6.07) is 12.0. The Balaban J connectivity index is 2.31. The molecular weight excluding hydrogens is 517 g/mol. The number of thioether (sulfide) groups is 1. The predicted octanol–water partition coefficient (Wildman–Crippen LogP) is 3.64. The molecule has 0 atom stereocenters. The number of hydrogen-bond acceptors (Lipinski definition) is 8. The van der Waals surface area contributed by atoms with Gasteiger partial charge in [0.25, 0.3) is 0 Å². The molecule has 0 unspecified atom stereocenters. The SMILES string of the molecule is CSc1sc(C(=N)N)cc1S(=O)(=O)c1ccc(C)c(-c2ccccc2)c1NC(=O)NS(C)(=O)=O. The van der Waals surface area contributed by atoms with Crippen molar-refractivity contribution in [3.63, 3.8) is 0 Å². The molecule has 34 heavy (non-hydrogen) atoms. The van der Waals surface area contributed by atoms with Gasteiger partial charge in [0, 0.05) is 5.56 Å². The van der Waals surface area contributed by atoms with Gasteiger partial charge in [0.1, 0.15) is 5.84 Å². The highest BCUT2D eigenvalue weighted by Gasteiger charge is 2.30. The van der Waals surface area contributed by atoms with E-state index in [1.165, 1.54) is 23.9 Å². The third kappa shape index (κ3) is 5.43. The average Bonchev–Trinajstić information content (AvgIpc) is 3.19. The molecule has 180 valence electrons. The first-order chi connectivity index (χ1) is 15.8. The summed E-state index contributed by atoms with van der Waals surface area (Å²) in [5.74, 6) is -0.262. The van der Waals surface area contributed by atoms with Crippen LogP contribution in [0.25, 0.3) is 11.1 Å². The highest BCUT2D eigenvalue weighted by Crippen LogP contribution is 2.42. The third-order valence-corrected chi connectivity index (χ3v) is 9.59. The summed E-state index contributed by atoms with van der Waals surface area (Å²) in [7, 11) is -8.12. The summed E-state index contributed by atoms with van der Waals surface area (Å²) >= 11 is 2.27. The normalized spacial score (nSPS) is 11.7. The lowest BCUT2D eigenvalue weighted by Crippen LogP contribution is -2.34. The zero-order chi connectivity index (χ0) is 25.3. The van der Waals surface area contributed by atoms with Crippen LogP contribution in [-0.2, 0) is 19.9 Å². The summed E-state index contributed by atoms with van der Waals surface area (Å²) in [4.78, 5) is 12.5. The molecular formula is C21H22N4O5S4. The van der Waals surface area contributed by atoms with Crippen molar-refractivity contribution in [3.05, 3.63) is 59.0 Å². The molecule has 5 N–H and O–H groups in total. The lowest BCUT2D eigenvalue weighted by Gasteiger charge is -2.19. The van der Waals surface area contributed by atoms with Gasteiger partial charge < -0.3 is 11.1 Å². The lowest BCUT2D eigenvalue weighted by atomic mass is 9.98. The number of thiophene rings is 1. The van der Waals surface area contributed by atoms with E-state index in [0.29, 0.717) is 25.8 Å². The minimum atomic E-state index is -4.22. The van der Waals surface area contributed by atoms with Gasteiger partial charge in [-0.2, -0.15) is 0 Å². The van der Waals surface area contributed by atoms with Crippen LogP contribution >= 0.6 is 23.1 Å². The molecule has 1 heterocycles. The number of anilines is 1. The molecule has 1 aromatic heterocycles. The van der Waals surface area contributed by atoms with Gasteiger partial charge in [0.15, 0.2) is 0 Å². The number of carbonyl (C=O) groups is 1. The number of hydrogen-bond donors (Lipinski definition) is 4. The van der Waals surface area contributed by atoms with Gasteiger partial charge in [-0.15, -0.1) is 23.1 Å². The fourth-order valence-electron chi connectivity index (χ4n) is 3.26. The van der Waals surface area contributed by atoms with Gasteiger partial charge in [0.2, 0.25) is 19.9 Å². The van der Waals surface area contributed by atoms with Crippen molar-refractivity contribution >= 4 is 60.5 Å². The van der Waals surface area contributed by atoms with E-state index in [-0.39, 0.29) is 21.3 Å². The van der Waals surface area contributed by atoms with Gasteiger partial charge in [-0.1, -0.05) is 36.4 Å². The topological polar surface area (TPSA) is 159 Å². The van der Waals surface area contributed by atoms with Crippen LogP contribution in [0, 0.1) is 12.3 Å². The fraction of sp³-hybridized carbons (Fsp3) is 0.143. The molecule has 0 aliphatic heterocycles. The maximum Gasteiger partial charge on any atom is 0.332 e. The Labute approximate surface area is 206 Å². The Kier molecular flexibility index (Phi) is 7.41. The quantitative estimate of drug-likeness (QED) is 0.203. The maximum atomic E-state index is 13.8. The molecule has 0 saturated carbocycles. The molecule has 9 nitrogen and oxygen atoms in total. The number of sulfone groups is 1. The molecule has 0 bridgehead atoms. The number of sulfonamides is 1. The number of nitrogen functional groups attached to an aromatic ring is 1. The Bertz CT molecular complexity index is 1480. The summed E-state index contributed by atoms with van der Waals surface area (Å²) in [6.45, 7) is 1.75. The van der Waals surface area contributed by atoms with Crippen LogP contribution in [0.1, 0.15) is 10.4 Å². The summed E-state index contributed by atoms with van der Waals surface area (Å²) in [5.41, 5.74) is 7.24. The van der Waals surface area contributed by atoms with Crippen molar-refractivity contribution in [1.29, 1.82) is 5.41 Å². The number of benzene rings is 2. The Morgan fingerprint density at radius 3 is 2.26 bits per heavy atom. The van der Waals surface area contributed by atoms with E-state index in [2.05, 4.69) is 5.32 Å². The molecule has 0 aliphatic rings. The van der Waals surface area contributed by atoms with Crippen LogP contribution in [0.15, 0.2) is 62.5 Å². The minimum absolute atomic E-state index is 0.0513. The second-order valence-electron chi connectivity index (χ2n) is 7.21. The average molecular weight is 539 g/mol. The van der Waals surface area contributed by atoms with Crippen molar-refractivity contribution in [2.45, 2.75) is 20.9 Å². The van der Waals surface area contributed by atoms with Crippen molar-refractivity contribution < 1.29 is 21.6 Å². The van der Waals surface area contributed by atoms with E-state index in [0.717, 1.165) is 17.6 Å². The van der Waals surface area contributed by atoms with E-state index in [1.54, 1.807) is 54.3 Å². The van der Waals surface area contributed by atoms with E-state index in [1.807, 2.05) is 0 Å². The summed E-state index contributed by atoms with van der Waals surface area (Å²) in [5, 5.41) is 10.1. The molecule has 0 saturated heterocycles. The summed E-state index contributed by atoms with van der Waals surface area (Å²) < 4.78 is 53.1. The molecule has 0 fully saturated rings. The first-order valence-corrected chi connectivity index (χ1v) is 15.0. The number of amides is 2. The van der Waals surface area contributed by atoms with E-state index < -0.39 is 25.9 Å². The van der Waals surface area contributed by atoms with Crippen molar-refractivity contribution in [2.75, 3.05) is 17.8 Å². The van der Waals surface area contributed by atoms with Crippen LogP contribution in [0.5, 0.6) is 0 Å². The van der Waals surface area contributed by atoms with E-state index >= 15 is 0 Å². The fourth-order valence-corrected chi connectivity index (χ4v) is 7.66. The number of nitrogens with one attached hydrogen (secondary N) is 3. The molecule has 2 amide bonds. The highest BCUT2D eigenvalue weighted by molar-refractivity contribution is 8.01. The molecule has 0 spiro atoms. The van der Waals surface area contributed by atoms with Crippen LogP contribution in [-0.4, -0.2) is 41.2 Å². The number of urea groups is 1. The zero-order valence-corrected chi connectivity index (χ0v) is 21.6. The smallest absolute Gasteiger partial charge is 0.332 e. The largest absolute Gasteiger partial charge is 0.383 e. The Morgan fingerprint density at radius 1 is 1.06 bits per heavy atom. The Hall–Kier alpha value is -2.87. The van der Waals surface area contributed by atoms with Crippen LogP contribution in [0.2, 0.25) is 0 Å². The van der Waals surface area contributed by atoms with Gasteiger partial charge in [-0.25, -0.2) is 26.4 Å².